The van der Waals surface area contributed by atoms with Crippen molar-refractivity contribution in [2.75, 3.05) is 0 Å². The van der Waals surface area contributed by atoms with E-state index in [2.05, 4.69) is 170 Å². The zero-order chi connectivity index (χ0) is 32.6. The molecule has 9 rings (SSSR count). The number of aromatic nitrogens is 3. The Morgan fingerprint density at radius 1 is 0.347 bits per heavy atom. The molecule has 0 atom stereocenters. The summed E-state index contributed by atoms with van der Waals surface area (Å²) in [4.78, 5) is 15.4. The molecule has 7 aromatic carbocycles. The van der Waals surface area contributed by atoms with Crippen molar-refractivity contribution in [2.24, 2.45) is 0 Å². The molecule has 0 bridgehead atoms. The molecule has 0 fully saturated rings. The van der Waals surface area contributed by atoms with Crippen molar-refractivity contribution in [2.45, 2.75) is 0 Å². The molecule has 49 heavy (non-hydrogen) atoms. The van der Waals surface area contributed by atoms with E-state index in [-0.39, 0.29) is 14.5 Å². The van der Waals surface area contributed by atoms with Crippen LogP contribution in [0.5, 0.6) is 0 Å². The molecule has 0 aliphatic rings. The van der Waals surface area contributed by atoms with Crippen LogP contribution in [0.15, 0.2) is 176 Å². The van der Waals surface area contributed by atoms with Crippen LogP contribution in [0.1, 0.15) is 0 Å². The molecule has 230 valence electrons. The second kappa shape index (κ2) is 12.6. The van der Waals surface area contributed by atoms with Gasteiger partial charge in [-0.3, -0.25) is 0 Å². The SMILES string of the molecule is c1ccc(-c2cccc(-c3ccc(-c4cc(-c5ccccc5)nc(-c5ccc6ccc7nc(-c8ccccc8)[se]c7c6c5)n4)cc3)c2)cc1. The van der Waals surface area contributed by atoms with Crippen LogP contribution >= 0.6 is 0 Å². The average Bonchev–Trinajstić information content (AvgIpc) is 3.64. The Bertz CT molecular complexity index is 2580. The van der Waals surface area contributed by atoms with Crippen LogP contribution in [-0.4, -0.2) is 29.5 Å². The molecule has 0 spiro atoms. The number of hydrogen-bond donors (Lipinski definition) is 0. The van der Waals surface area contributed by atoms with Crippen molar-refractivity contribution < 1.29 is 0 Å². The summed E-state index contributed by atoms with van der Waals surface area (Å²) in [5.41, 5.74) is 11.9. The van der Waals surface area contributed by atoms with Gasteiger partial charge in [0.2, 0.25) is 0 Å². The van der Waals surface area contributed by atoms with Gasteiger partial charge in [-0.25, -0.2) is 0 Å². The number of rotatable bonds is 6. The Balaban J connectivity index is 1.13. The van der Waals surface area contributed by atoms with Crippen molar-refractivity contribution >= 4 is 35.1 Å². The average molecular weight is 691 g/mol. The summed E-state index contributed by atoms with van der Waals surface area (Å²) < 4.78 is 2.48. The zero-order valence-corrected chi connectivity index (χ0v) is 28.2. The minimum atomic E-state index is 0.106. The third-order valence-electron chi connectivity index (χ3n) is 8.93. The van der Waals surface area contributed by atoms with Crippen molar-refractivity contribution in [3.63, 3.8) is 0 Å². The first-order valence-corrected chi connectivity index (χ1v) is 18.1. The van der Waals surface area contributed by atoms with E-state index in [1.165, 1.54) is 47.4 Å². The van der Waals surface area contributed by atoms with E-state index in [1.54, 1.807) is 0 Å². The third-order valence-corrected chi connectivity index (χ3v) is 11.4. The molecule has 3 nitrogen and oxygen atoms in total. The van der Waals surface area contributed by atoms with E-state index in [1.807, 2.05) is 6.07 Å². The van der Waals surface area contributed by atoms with Gasteiger partial charge in [0.15, 0.2) is 0 Å². The Hall–Kier alpha value is -5.93. The van der Waals surface area contributed by atoms with Crippen LogP contribution in [0.3, 0.4) is 0 Å². The summed E-state index contributed by atoms with van der Waals surface area (Å²) in [6.07, 6.45) is 0. The van der Waals surface area contributed by atoms with Gasteiger partial charge in [0.25, 0.3) is 0 Å². The smallest absolute Gasteiger partial charge is 0.0465 e. The Morgan fingerprint density at radius 3 is 1.53 bits per heavy atom. The van der Waals surface area contributed by atoms with Crippen LogP contribution in [0.2, 0.25) is 0 Å². The van der Waals surface area contributed by atoms with Crippen molar-refractivity contribution in [1.29, 1.82) is 0 Å². The first kappa shape index (κ1) is 29.2. The molecule has 9 aromatic rings. The van der Waals surface area contributed by atoms with Gasteiger partial charge in [0.1, 0.15) is 0 Å². The molecular formula is C45H29N3Se. The van der Waals surface area contributed by atoms with E-state index < -0.39 is 0 Å². The van der Waals surface area contributed by atoms with Crippen LogP contribution in [0, 0.1) is 0 Å². The topological polar surface area (TPSA) is 38.7 Å². The predicted molar refractivity (Wildman–Crippen MR) is 204 cm³/mol. The Labute approximate surface area is 291 Å². The second-order valence-corrected chi connectivity index (χ2v) is 14.2. The van der Waals surface area contributed by atoms with Crippen LogP contribution in [-0.2, 0) is 0 Å². The molecule has 2 aromatic heterocycles. The molecule has 0 aliphatic carbocycles. The number of nitrogens with zero attached hydrogens (tertiary/aromatic N) is 3. The van der Waals surface area contributed by atoms with Crippen molar-refractivity contribution in [3.05, 3.63) is 176 Å². The molecule has 0 N–H and O–H groups in total. The molecule has 0 aliphatic heterocycles. The van der Waals surface area contributed by atoms with E-state index in [4.69, 9.17) is 15.0 Å². The fourth-order valence-electron chi connectivity index (χ4n) is 6.37. The Morgan fingerprint density at radius 2 is 0.857 bits per heavy atom. The van der Waals surface area contributed by atoms with Gasteiger partial charge in [0.05, 0.1) is 0 Å². The van der Waals surface area contributed by atoms with Gasteiger partial charge in [-0.15, -0.1) is 0 Å². The van der Waals surface area contributed by atoms with Gasteiger partial charge in [-0.1, -0.05) is 48.5 Å². The van der Waals surface area contributed by atoms with Crippen LogP contribution in [0.25, 0.3) is 86.8 Å². The van der Waals surface area contributed by atoms with Crippen LogP contribution in [0.4, 0.5) is 0 Å². The van der Waals surface area contributed by atoms with Gasteiger partial charge in [-0.2, -0.15) is 0 Å². The second-order valence-electron chi connectivity index (χ2n) is 12.1. The maximum atomic E-state index is 5.18. The van der Waals surface area contributed by atoms with Gasteiger partial charge in [0, 0.05) is 0 Å². The first-order valence-electron chi connectivity index (χ1n) is 16.4. The molecule has 0 radical (unpaired) electrons. The van der Waals surface area contributed by atoms with Crippen molar-refractivity contribution in [1.82, 2.24) is 15.0 Å². The summed E-state index contributed by atoms with van der Waals surface area (Å²) in [6, 6.07) is 61.9. The summed E-state index contributed by atoms with van der Waals surface area (Å²) in [5, 5.41) is 2.43. The molecule has 4 heteroatoms. The summed E-state index contributed by atoms with van der Waals surface area (Å²) >= 11 is 0.106. The number of benzene rings is 7. The fraction of sp³-hybridized carbons (Fsp3) is 0. The van der Waals surface area contributed by atoms with Gasteiger partial charge < -0.3 is 0 Å². The Kier molecular flexibility index (Phi) is 7.51. The largest absolute Gasteiger partial charge is 0.0617 e. The van der Waals surface area contributed by atoms with Gasteiger partial charge >= 0.3 is 226 Å². The summed E-state index contributed by atoms with van der Waals surface area (Å²) in [7, 11) is 0. The van der Waals surface area contributed by atoms with E-state index in [0.717, 1.165) is 33.6 Å². The standard InChI is InChI=1S/C45H29N3Se/c1-4-11-30(12-5-1)36-17-10-18-37(27-36)31-19-22-34(23-20-31)42-29-41(33-13-6-2-7-14-33)46-44(47-42)38-24-21-32-25-26-40-43(39(32)28-38)49-45(48-40)35-15-8-3-9-16-35/h1-29H. The minimum Gasteiger partial charge on any atom is -0.0617 e. The minimum absolute atomic E-state index is 0.106. The normalized spacial score (nSPS) is 11.3. The zero-order valence-electron chi connectivity index (χ0n) is 26.5. The van der Waals surface area contributed by atoms with E-state index >= 15 is 0 Å². The monoisotopic (exact) mass is 691 g/mol. The molecule has 2 heterocycles. The van der Waals surface area contributed by atoms with Gasteiger partial charge in [-0.05, 0) is 17.2 Å². The van der Waals surface area contributed by atoms with Crippen LogP contribution < -0.4 is 0 Å². The maximum absolute atomic E-state index is 5.18. The first-order chi connectivity index (χ1) is 24.2. The summed E-state index contributed by atoms with van der Waals surface area (Å²) in [5.74, 6) is 0.713. The molecule has 0 saturated carbocycles. The third kappa shape index (κ3) is 5.78. The van der Waals surface area contributed by atoms with E-state index in [9.17, 15) is 0 Å². The molecule has 0 unspecified atom stereocenters. The molecular weight excluding hydrogens is 661 g/mol. The molecule has 0 saturated heterocycles. The number of hydrogen-bond acceptors (Lipinski definition) is 3. The summed E-state index contributed by atoms with van der Waals surface area (Å²) in [6.45, 7) is 0. The fourth-order valence-corrected chi connectivity index (χ4v) is 8.67. The maximum Gasteiger partial charge on any atom is -0.0465 e. The quantitative estimate of drug-likeness (QED) is 0.163. The molecule has 0 amide bonds. The predicted octanol–water partition coefficient (Wildman–Crippen LogP) is 11.2. The van der Waals surface area contributed by atoms with Crippen molar-refractivity contribution in [3.8, 4) is 66.3 Å². The van der Waals surface area contributed by atoms with E-state index in [0.29, 0.717) is 5.82 Å². The number of fused-ring (bicyclic) bond motifs is 3.